The van der Waals surface area contributed by atoms with Crippen LogP contribution in [0.25, 0.3) is 0 Å². The predicted octanol–water partition coefficient (Wildman–Crippen LogP) is 1.72. The SMILES string of the molecule is CCOC(=O)C1=C(COC(=O)[C@@H](C)Oc2ccc(C(C)=O)cc2)NC(=O)N[C@H]1C. The van der Waals surface area contributed by atoms with Gasteiger partial charge in [0.1, 0.15) is 12.4 Å². The maximum Gasteiger partial charge on any atom is 0.347 e. The van der Waals surface area contributed by atoms with Gasteiger partial charge in [-0.2, -0.15) is 0 Å². The van der Waals surface area contributed by atoms with E-state index in [1.54, 1.807) is 38.1 Å². The van der Waals surface area contributed by atoms with Gasteiger partial charge >= 0.3 is 18.0 Å². The van der Waals surface area contributed by atoms with Crippen LogP contribution in [0.1, 0.15) is 38.1 Å². The zero-order valence-electron chi connectivity index (χ0n) is 16.7. The van der Waals surface area contributed by atoms with Crippen LogP contribution in [0, 0.1) is 0 Å². The fraction of sp³-hybridized carbons (Fsp3) is 0.400. The third-order valence-electron chi connectivity index (χ3n) is 4.13. The number of rotatable bonds is 8. The summed E-state index contributed by atoms with van der Waals surface area (Å²) < 4.78 is 15.7. The van der Waals surface area contributed by atoms with Crippen LogP contribution >= 0.6 is 0 Å². The van der Waals surface area contributed by atoms with Crippen LogP contribution in [0.4, 0.5) is 4.79 Å². The molecule has 0 spiro atoms. The number of esters is 2. The number of hydrogen-bond donors (Lipinski definition) is 2. The molecule has 29 heavy (non-hydrogen) atoms. The Morgan fingerprint density at radius 3 is 2.38 bits per heavy atom. The maximum absolute atomic E-state index is 12.3. The lowest BCUT2D eigenvalue weighted by Gasteiger charge is -2.26. The summed E-state index contributed by atoms with van der Waals surface area (Å²) in [7, 11) is 0. The van der Waals surface area contributed by atoms with Gasteiger partial charge in [0.15, 0.2) is 11.9 Å². The number of ether oxygens (including phenoxy) is 3. The summed E-state index contributed by atoms with van der Waals surface area (Å²) >= 11 is 0. The van der Waals surface area contributed by atoms with Gasteiger partial charge in [-0.25, -0.2) is 14.4 Å². The van der Waals surface area contributed by atoms with E-state index >= 15 is 0 Å². The van der Waals surface area contributed by atoms with E-state index in [-0.39, 0.29) is 30.3 Å². The normalized spacial score (nSPS) is 17.0. The molecule has 0 fully saturated rings. The Kier molecular flexibility index (Phi) is 7.35. The molecule has 2 atom stereocenters. The topological polar surface area (TPSA) is 120 Å². The lowest BCUT2D eigenvalue weighted by atomic mass is 10.0. The van der Waals surface area contributed by atoms with Crippen LogP contribution in [0.15, 0.2) is 35.5 Å². The molecule has 9 heteroatoms. The molecule has 1 aromatic carbocycles. The molecule has 1 aromatic rings. The number of carbonyl (C=O) groups is 4. The number of urea groups is 1. The highest BCUT2D eigenvalue weighted by Gasteiger charge is 2.30. The molecule has 1 aliphatic heterocycles. The first kappa shape index (κ1) is 21.9. The van der Waals surface area contributed by atoms with E-state index in [1.807, 2.05) is 0 Å². The molecule has 1 aliphatic rings. The zero-order chi connectivity index (χ0) is 21.6. The summed E-state index contributed by atoms with van der Waals surface area (Å²) in [5.74, 6) is -0.965. The van der Waals surface area contributed by atoms with Crippen LogP contribution in [-0.4, -0.2) is 49.1 Å². The van der Waals surface area contributed by atoms with Crippen LogP contribution in [0.2, 0.25) is 0 Å². The Hall–Kier alpha value is -3.36. The number of hydrogen-bond acceptors (Lipinski definition) is 7. The summed E-state index contributed by atoms with van der Waals surface area (Å²) in [6.07, 6.45) is -0.945. The fourth-order valence-electron chi connectivity index (χ4n) is 2.67. The van der Waals surface area contributed by atoms with Crippen molar-refractivity contribution in [1.29, 1.82) is 0 Å². The van der Waals surface area contributed by atoms with E-state index < -0.39 is 30.1 Å². The molecule has 2 rings (SSSR count). The van der Waals surface area contributed by atoms with E-state index in [0.717, 1.165) is 0 Å². The van der Waals surface area contributed by atoms with E-state index in [4.69, 9.17) is 14.2 Å². The first-order chi connectivity index (χ1) is 13.7. The van der Waals surface area contributed by atoms with Gasteiger partial charge in [0, 0.05) is 5.56 Å². The van der Waals surface area contributed by atoms with Gasteiger partial charge < -0.3 is 24.8 Å². The van der Waals surface area contributed by atoms with Gasteiger partial charge in [-0.05, 0) is 52.0 Å². The molecule has 156 valence electrons. The molecule has 0 saturated carbocycles. The Balaban J connectivity index is 2.02. The van der Waals surface area contributed by atoms with Crippen molar-refractivity contribution >= 4 is 23.8 Å². The van der Waals surface area contributed by atoms with Gasteiger partial charge in [-0.3, -0.25) is 4.79 Å². The van der Waals surface area contributed by atoms with Crippen molar-refractivity contribution in [1.82, 2.24) is 10.6 Å². The molecule has 9 nitrogen and oxygen atoms in total. The maximum atomic E-state index is 12.3. The number of benzene rings is 1. The van der Waals surface area contributed by atoms with Gasteiger partial charge in [-0.15, -0.1) is 0 Å². The van der Waals surface area contributed by atoms with Crippen LogP contribution in [-0.2, 0) is 19.1 Å². The summed E-state index contributed by atoms with van der Waals surface area (Å²) in [5.41, 5.74) is 0.875. The molecule has 0 radical (unpaired) electrons. The first-order valence-electron chi connectivity index (χ1n) is 9.14. The minimum Gasteiger partial charge on any atom is -0.479 e. The second kappa shape index (κ2) is 9.72. The first-order valence-corrected chi connectivity index (χ1v) is 9.14. The van der Waals surface area contributed by atoms with Crippen molar-refractivity contribution in [3.8, 4) is 5.75 Å². The predicted molar refractivity (Wildman–Crippen MR) is 102 cm³/mol. The summed E-state index contributed by atoms with van der Waals surface area (Å²) in [4.78, 5) is 47.4. The lowest BCUT2D eigenvalue weighted by molar-refractivity contribution is -0.150. The average molecular weight is 404 g/mol. The third-order valence-corrected chi connectivity index (χ3v) is 4.13. The average Bonchev–Trinajstić information content (AvgIpc) is 2.66. The zero-order valence-corrected chi connectivity index (χ0v) is 16.7. The van der Waals surface area contributed by atoms with Gasteiger partial charge in [0.25, 0.3) is 0 Å². The molecule has 0 bridgehead atoms. The molecule has 0 aliphatic carbocycles. The van der Waals surface area contributed by atoms with E-state index in [0.29, 0.717) is 11.3 Å². The Bertz CT molecular complexity index is 830. The molecule has 0 unspecified atom stereocenters. The summed E-state index contributed by atoms with van der Waals surface area (Å²) in [5, 5.41) is 5.03. The highest BCUT2D eigenvalue weighted by Crippen LogP contribution is 2.17. The van der Waals surface area contributed by atoms with Crippen LogP contribution < -0.4 is 15.4 Å². The highest BCUT2D eigenvalue weighted by molar-refractivity contribution is 5.95. The smallest absolute Gasteiger partial charge is 0.347 e. The molecule has 0 aromatic heterocycles. The molecular weight excluding hydrogens is 380 g/mol. The molecule has 1 heterocycles. The minimum atomic E-state index is -0.945. The fourth-order valence-corrected chi connectivity index (χ4v) is 2.67. The Morgan fingerprint density at radius 2 is 1.79 bits per heavy atom. The van der Waals surface area contributed by atoms with Gasteiger partial charge in [0.2, 0.25) is 0 Å². The largest absolute Gasteiger partial charge is 0.479 e. The van der Waals surface area contributed by atoms with Crippen LogP contribution in [0.5, 0.6) is 5.75 Å². The second-order valence-corrected chi connectivity index (χ2v) is 6.38. The number of ketones is 1. The van der Waals surface area contributed by atoms with E-state index in [2.05, 4.69) is 10.6 Å². The third kappa shape index (κ3) is 5.81. The Morgan fingerprint density at radius 1 is 1.14 bits per heavy atom. The van der Waals surface area contributed by atoms with Gasteiger partial charge in [-0.1, -0.05) is 0 Å². The minimum absolute atomic E-state index is 0.0760. The summed E-state index contributed by atoms with van der Waals surface area (Å²) in [6, 6.07) is 5.25. The second-order valence-electron chi connectivity index (χ2n) is 6.38. The summed E-state index contributed by atoms with van der Waals surface area (Å²) in [6.45, 7) is 6.11. The van der Waals surface area contributed by atoms with Crippen molar-refractivity contribution in [2.24, 2.45) is 0 Å². The number of nitrogens with one attached hydrogen (secondary N) is 2. The highest BCUT2D eigenvalue weighted by atomic mass is 16.6. The van der Waals surface area contributed by atoms with Crippen LogP contribution in [0.3, 0.4) is 0 Å². The standard InChI is InChI=1S/C20H24N2O7/c1-5-27-19(25)17-11(2)21-20(26)22-16(17)10-28-18(24)13(4)29-15-8-6-14(7-9-15)12(3)23/h6-9,11,13H,5,10H2,1-4H3,(H2,21,22,26)/t11-,13+/m0/s1. The quantitative estimate of drug-likeness (QED) is 0.500. The molecule has 0 saturated heterocycles. The molecule has 2 N–H and O–H groups in total. The van der Waals surface area contributed by atoms with Crippen molar-refractivity contribution in [2.45, 2.75) is 39.8 Å². The van der Waals surface area contributed by atoms with E-state index in [9.17, 15) is 19.2 Å². The lowest BCUT2D eigenvalue weighted by Crippen LogP contribution is -2.50. The monoisotopic (exact) mass is 404 g/mol. The number of amides is 2. The molecule has 2 amide bonds. The number of carbonyl (C=O) groups excluding carboxylic acids is 4. The van der Waals surface area contributed by atoms with Gasteiger partial charge in [0.05, 0.1) is 23.9 Å². The van der Waals surface area contributed by atoms with Crippen molar-refractivity contribution < 1.29 is 33.4 Å². The van der Waals surface area contributed by atoms with E-state index in [1.165, 1.54) is 13.8 Å². The molecular formula is C20H24N2O7. The van der Waals surface area contributed by atoms with Crippen molar-refractivity contribution in [3.05, 3.63) is 41.1 Å². The van der Waals surface area contributed by atoms with Crippen molar-refractivity contribution in [2.75, 3.05) is 13.2 Å². The Labute approximate surface area is 168 Å². The van der Waals surface area contributed by atoms with Crippen molar-refractivity contribution in [3.63, 3.8) is 0 Å². The number of Topliss-reactive ketones (excluding diaryl/α,β-unsaturated/α-hetero) is 1.